The monoisotopic (exact) mass is 281 g/mol. The quantitative estimate of drug-likeness (QED) is 0.857. The van der Waals surface area contributed by atoms with Gasteiger partial charge in [-0.3, -0.25) is 0 Å². The van der Waals surface area contributed by atoms with Crippen molar-refractivity contribution >= 4 is 0 Å². The van der Waals surface area contributed by atoms with Crippen molar-refractivity contribution in [3.63, 3.8) is 0 Å². The Bertz CT molecular complexity index is 595. The molecule has 1 saturated heterocycles. The van der Waals surface area contributed by atoms with E-state index in [1.165, 1.54) is 6.33 Å². The number of hydrogen-bond acceptors (Lipinski definition) is 2. The van der Waals surface area contributed by atoms with Gasteiger partial charge in [-0.05, 0) is 19.4 Å². The van der Waals surface area contributed by atoms with Crippen LogP contribution in [0.15, 0.2) is 24.7 Å². The maximum Gasteiger partial charge on any atom is 0.194 e. The van der Waals surface area contributed by atoms with E-state index in [0.29, 0.717) is 0 Å². The smallest absolute Gasteiger partial charge is 0.194 e. The average Bonchev–Trinajstić information content (AvgIpc) is 2.94. The van der Waals surface area contributed by atoms with Gasteiger partial charge in [-0.25, -0.2) is 18.2 Å². The van der Waals surface area contributed by atoms with Crippen LogP contribution in [-0.2, 0) is 0 Å². The second-order valence-corrected chi connectivity index (χ2v) is 4.91. The minimum absolute atomic E-state index is 0.0995. The van der Waals surface area contributed by atoms with Gasteiger partial charge < -0.3 is 9.88 Å². The number of nitrogens with zero attached hydrogens (tertiary/aromatic N) is 2. The first-order valence-corrected chi connectivity index (χ1v) is 6.57. The largest absolute Gasteiger partial charge is 0.309 e. The van der Waals surface area contributed by atoms with E-state index in [1.807, 2.05) is 0 Å². The van der Waals surface area contributed by atoms with Crippen molar-refractivity contribution in [1.82, 2.24) is 14.9 Å². The van der Waals surface area contributed by atoms with E-state index in [9.17, 15) is 13.2 Å². The van der Waals surface area contributed by atoms with Crippen molar-refractivity contribution in [2.75, 3.05) is 6.54 Å². The number of piperidine rings is 1. The fourth-order valence-electron chi connectivity index (χ4n) is 2.56. The summed E-state index contributed by atoms with van der Waals surface area (Å²) < 4.78 is 41.3. The molecule has 1 atom stereocenters. The van der Waals surface area contributed by atoms with Crippen molar-refractivity contribution in [2.24, 2.45) is 0 Å². The summed E-state index contributed by atoms with van der Waals surface area (Å²) in [5.41, 5.74) is 1.07. The maximum atomic E-state index is 13.3. The Morgan fingerprint density at radius 2 is 1.90 bits per heavy atom. The highest BCUT2D eigenvalue weighted by Crippen LogP contribution is 2.26. The van der Waals surface area contributed by atoms with Gasteiger partial charge in [0.2, 0.25) is 0 Å². The number of benzene rings is 1. The molecule has 1 unspecified atom stereocenters. The number of halogens is 3. The lowest BCUT2D eigenvalue weighted by atomic mass is 10.0. The Labute approximate surface area is 114 Å². The molecule has 3 nitrogen and oxygen atoms in total. The fraction of sp³-hybridized carbons (Fsp3) is 0.357. The first-order chi connectivity index (χ1) is 9.66. The summed E-state index contributed by atoms with van der Waals surface area (Å²) in [6.45, 7) is 0.905. The molecule has 6 heteroatoms. The highest BCUT2D eigenvalue weighted by atomic mass is 19.2. The van der Waals surface area contributed by atoms with Crippen molar-refractivity contribution in [2.45, 2.75) is 25.3 Å². The molecule has 0 radical (unpaired) electrons. The standard InChI is InChI=1S/C14H14F3N3/c15-10-5-9(6-11(16)14(10)17)20-8-18-7-13(20)12-3-1-2-4-19-12/h5-8,12,19H,1-4H2. The van der Waals surface area contributed by atoms with Crippen LogP contribution < -0.4 is 5.32 Å². The van der Waals surface area contributed by atoms with Crippen LogP contribution in [0.3, 0.4) is 0 Å². The second-order valence-electron chi connectivity index (χ2n) is 4.91. The van der Waals surface area contributed by atoms with Crippen LogP contribution in [0.2, 0.25) is 0 Å². The fourth-order valence-corrected chi connectivity index (χ4v) is 2.56. The van der Waals surface area contributed by atoms with Crippen molar-refractivity contribution in [3.8, 4) is 5.69 Å². The van der Waals surface area contributed by atoms with Crippen LogP contribution >= 0.6 is 0 Å². The summed E-state index contributed by atoms with van der Waals surface area (Å²) in [4.78, 5) is 4.04. The van der Waals surface area contributed by atoms with E-state index in [-0.39, 0.29) is 11.7 Å². The van der Waals surface area contributed by atoms with E-state index in [2.05, 4.69) is 10.3 Å². The molecule has 0 amide bonds. The molecular weight excluding hydrogens is 267 g/mol. The summed E-state index contributed by atoms with van der Waals surface area (Å²) >= 11 is 0. The molecule has 1 aromatic heterocycles. The summed E-state index contributed by atoms with van der Waals surface area (Å²) in [6.07, 6.45) is 6.30. The predicted molar refractivity (Wildman–Crippen MR) is 68.0 cm³/mol. The number of nitrogens with one attached hydrogen (secondary N) is 1. The lowest BCUT2D eigenvalue weighted by Crippen LogP contribution is -2.28. The van der Waals surface area contributed by atoms with Crippen LogP contribution in [-0.4, -0.2) is 16.1 Å². The van der Waals surface area contributed by atoms with Gasteiger partial charge in [-0.2, -0.15) is 0 Å². The molecule has 2 heterocycles. The lowest BCUT2D eigenvalue weighted by molar-refractivity contribution is 0.401. The summed E-state index contributed by atoms with van der Waals surface area (Å²) in [6, 6.07) is 2.06. The van der Waals surface area contributed by atoms with Gasteiger partial charge in [0.15, 0.2) is 17.5 Å². The van der Waals surface area contributed by atoms with Crippen LogP contribution in [0.1, 0.15) is 31.0 Å². The molecule has 1 aromatic carbocycles. The molecule has 0 spiro atoms. The molecule has 2 aromatic rings. The molecule has 1 aliphatic heterocycles. The first-order valence-electron chi connectivity index (χ1n) is 6.57. The van der Waals surface area contributed by atoms with Crippen LogP contribution in [0.25, 0.3) is 5.69 Å². The van der Waals surface area contributed by atoms with E-state index in [0.717, 1.165) is 43.6 Å². The number of aromatic nitrogens is 2. The molecule has 20 heavy (non-hydrogen) atoms. The number of rotatable bonds is 2. The van der Waals surface area contributed by atoms with Gasteiger partial charge in [-0.1, -0.05) is 6.42 Å². The summed E-state index contributed by atoms with van der Waals surface area (Å²) in [5.74, 6) is -3.85. The molecule has 3 rings (SSSR count). The Balaban J connectivity index is 2.00. The summed E-state index contributed by atoms with van der Waals surface area (Å²) in [5, 5.41) is 3.35. The van der Waals surface area contributed by atoms with Crippen molar-refractivity contribution in [3.05, 3.63) is 47.8 Å². The van der Waals surface area contributed by atoms with Crippen LogP contribution in [0.4, 0.5) is 13.2 Å². The lowest BCUT2D eigenvalue weighted by Gasteiger charge is -2.24. The van der Waals surface area contributed by atoms with Gasteiger partial charge in [0.1, 0.15) is 0 Å². The maximum absolute atomic E-state index is 13.3. The average molecular weight is 281 g/mol. The summed E-state index contributed by atoms with van der Waals surface area (Å²) in [7, 11) is 0. The third-order valence-electron chi connectivity index (χ3n) is 3.58. The van der Waals surface area contributed by atoms with Gasteiger partial charge in [0.25, 0.3) is 0 Å². The van der Waals surface area contributed by atoms with Gasteiger partial charge in [0, 0.05) is 18.2 Å². The molecule has 0 aliphatic carbocycles. The highest BCUT2D eigenvalue weighted by molar-refractivity contribution is 5.36. The zero-order valence-corrected chi connectivity index (χ0v) is 10.7. The zero-order valence-electron chi connectivity index (χ0n) is 10.7. The highest BCUT2D eigenvalue weighted by Gasteiger charge is 2.20. The molecule has 0 saturated carbocycles. The van der Waals surface area contributed by atoms with Gasteiger partial charge in [-0.15, -0.1) is 0 Å². The van der Waals surface area contributed by atoms with Crippen LogP contribution in [0.5, 0.6) is 0 Å². The second kappa shape index (κ2) is 5.28. The number of imidazole rings is 1. The minimum Gasteiger partial charge on any atom is -0.309 e. The van der Waals surface area contributed by atoms with Gasteiger partial charge >= 0.3 is 0 Å². The van der Waals surface area contributed by atoms with E-state index in [1.54, 1.807) is 10.8 Å². The van der Waals surface area contributed by atoms with Crippen LogP contribution in [0, 0.1) is 17.5 Å². The molecule has 106 valence electrons. The molecule has 1 aliphatic rings. The Morgan fingerprint density at radius 3 is 2.55 bits per heavy atom. The van der Waals surface area contributed by atoms with Crippen molar-refractivity contribution < 1.29 is 13.2 Å². The molecular formula is C14H14F3N3. The topological polar surface area (TPSA) is 29.9 Å². The van der Waals surface area contributed by atoms with Gasteiger partial charge in [0.05, 0.1) is 23.9 Å². The Hall–Kier alpha value is -1.82. The van der Waals surface area contributed by atoms with E-state index >= 15 is 0 Å². The Kier molecular flexibility index (Phi) is 3.48. The molecule has 1 N–H and O–H groups in total. The number of hydrogen-bond donors (Lipinski definition) is 1. The molecule has 1 fully saturated rings. The minimum atomic E-state index is -1.45. The zero-order chi connectivity index (χ0) is 14.1. The van der Waals surface area contributed by atoms with E-state index in [4.69, 9.17) is 0 Å². The van der Waals surface area contributed by atoms with E-state index < -0.39 is 17.5 Å². The molecule has 0 bridgehead atoms. The normalized spacial score (nSPS) is 19.2. The third kappa shape index (κ3) is 2.31. The Morgan fingerprint density at radius 1 is 1.15 bits per heavy atom. The van der Waals surface area contributed by atoms with Crippen molar-refractivity contribution in [1.29, 1.82) is 0 Å². The third-order valence-corrected chi connectivity index (χ3v) is 3.58. The first kappa shape index (κ1) is 13.2. The predicted octanol–water partition coefficient (Wildman–Crippen LogP) is 3.10. The SMILES string of the molecule is Fc1cc(-n2cncc2C2CCCCN2)cc(F)c1F.